The lowest BCUT2D eigenvalue weighted by molar-refractivity contribution is -0.526. The summed E-state index contributed by atoms with van der Waals surface area (Å²) in [6.45, 7) is 0. The third-order valence-corrected chi connectivity index (χ3v) is 5.01. The zero-order valence-corrected chi connectivity index (χ0v) is 13.4. The molecule has 2 aromatic carbocycles. The number of rotatable bonds is 3. The van der Waals surface area contributed by atoms with Crippen molar-refractivity contribution in [2.45, 2.75) is 24.8 Å². The van der Waals surface area contributed by atoms with Crippen LogP contribution < -0.4 is 4.74 Å². The third kappa shape index (κ3) is 2.24. The van der Waals surface area contributed by atoms with Crippen molar-refractivity contribution in [2.75, 3.05) is 7.11 Å². The molecule has 5 heteroatoms. The lowest BCUT2D eigenvalue weighted by atomic mass is 9.76. The van der Waals surface area contributed by atoms with Crippen molar-refractivity contribution in [1.29, 1.82) is 0 Å². The van der Waals surface area contributed by atoms with Gasteiger partial charge in [-0.2, -0.15) is 0 Å². The van der Waals surface area contributed by atoms with E-state index in [4.69, 9.17) is 4.74 Å². The molecule has 0 saturated heterocycles. The number of aromatic amines is 1. The molecule has 4 rings (SSSR count). The number of aromatic nitrogens is 1. The fourth-order valence-electron chi connectivity index (χ4n) is 3.85. The molecule has 1 aromatic heterocycles. The van der Waals surface area contributed by atoms with Gasteiger partial charge in [-0.25, -0.2) is 0 Å². The van der Waals surface area contributed by atoms with Gasteiger partial charge >= 0.3 is 0 Å². The summed E-state index contributed by atoms with van der Waals surface area (Å²) in [5, 5.41) is 12.7. The molecule has 0 unspecified atom stereocenters. The third-order valence-electron chi connectivity index (χ3n) is 5.01. The zero-order chi connectivity index (χ0) is 16.7. The molecule has 0 amide bonds. The summed E-state index contributed by atoms with van der Waals surface area (Å²) in [6.07, 6.45) is 3.22. The number of H-pyrrole nitrogens is 1. The van der Waals surface area contributed by atoms with E-state index in [0.717, 1.165) is 34.2 Å². The molecule has 0 radical (unpaired) electrons. The van der Waals surface area contributed by atoms with Crippen LogP contribution in [0.2, 0.25) is 0 Å². The SMILES string of the molecule is COc1ccc2[nH]cc([C@H]3c4ccccc4CC[C@@H]3[N+](=O)[O-])c2c1. The molecule has 0 bridgehead atoms. The minimum Gasteiger partial charge on any atom is -0.497 e. The molecule has 0 fully saturated rings. The average Bonchev–Trinajstić information content (AvgIpc) is 3.03. The van der Waals surface area contributed by atoms with Crippen molar-refractivity contribution in [1.82, 2.24) is 4.98 Å². The Morgan fingerprint density at radius 2 is 2.04 bits per heavy atom. The summed E-state index contributed by atoms with van der Waals surface area (Å²) in [5.74, 6) is 0.510. The van der Waals surface area contributed by atoms with Gasteiger partial charge in [0.1, 0.15) is 5.75 Å². The summed E-state index contributed by atoms with van der Waals surface area (Å²) >= 11 is 0. The number of benzene rings is 2. The lowest BCUT2D eigenvalue weighted by Crippen LogP contribution is -2.33. The van der Waals surface area contributed by atoms with E-state index in [2.05, 4.69) is 11.1 Å². The van der Waals surface area contributed by atoms with E-state index >= 15 is 0 Å². The van der Waals surface area contributed by atoms with Gasteiger partial charge in [-0.3, -0.25) is 10.1 Å². The molecular weight excluding hydrogens is 304 g/mol. The molecule has 1 aliphatic rings. The first-order valence-electron chi connectivity index (χ1n) is 8.05. The number of nitrogens with one attached hydrogen (secondary N) is 1. The summed E-state index contributed by atoms with van der Waals surface area (Å²) in [7, 11) is 1.63. The second kappa shape index (κ2) is 5.67. The van der Waals surface area contributed by atoms with Crippen molar-refractivity contribution >= 4 is 10.9 Å². The van der Waals surface area contributed by atoms with Gasteiger partial charge in [-0.15, -0.1) is 0 Å². The van der Waals surface area contributed by atoms with Crippen molar-refractivity contribution in [3.63, 3.8) is 0 Å². The Morgan fingerprint density at radius 3 is 2.83 bits per heavy atom. The molecule has 122 valence electrons. The Bertz CT molecular complexity index is 916. The van der Waals surface area contributed by atoms with Gasteiger partial charge in [0.05, 0.1) is 13.0 Å². The molecule has 0 saturated carbocycles. The number of hydrogen-bond donors (Lipinski definition) is 1. The van der Waals surface area contributed by atoms with E-state index in [1.165, 1.54) is 5.56 Å². The highest BCUT2D eigenvalue weighted by molar-refractivity contribution is 5.86. The predicted octanol–water partition coefficient (Wildman–Crippen LogP) is 3.90. The van der Waals surface area contributed by atoms with Crippen LogP contribution >= 0.6 is 0 Å². The minimum absolute atomic E-state index is 0.125. The molecule has 0 aliphatic heterocycles. The quantitative estimate of drug-likeness (QED) is 0.587. The molecule has 0 spiro atoms. The van der Waals surface area contributed by atoms with Crippen LogP contribution in [0.4, 0.5) is 0 Å². The molecule has 1 N–H and O–H groups in total. The van der Waals surface area contributed by atoms with Crippen molar-refractivity contribution in [2.24, 2.45) is 0 Å². The second-order valence-electron chi connectivity index (χ2n) is 6.22. The smallest absolute Gasteiger partial charge is 0.224 e. The maximum Gasteiger partial charge on any atom is 0.224 e. The number of methoxy groups -OCH3 is 1. The van der Waals surface area contributed by atoms with E-state index < -0.39 is 6.04 Å². The summed E-state index contributed by atoms with van der Waals surface area (Å²) < 4.78 is 5.33. The van der Waals surface area contributed by atoms with Gasteiger partial charge in [0, 0.05) is 28.4 Å². The van der Waals surface area contributed by atoms with Crippen LogP contribution in [-0.4, -0.2) is 23.1 Å². The molecule has 2 atom stereocenters. The van der Waals surface area contributed by atoms with Crippen molar-refractivity contribution < 1.29 is 9.66 Å². The number of fused-ring (bicyclic) bond motifs is 2. The fraction of sp³-hybridized carbons (Fsp3) is 0.263. The first-order chi connectivity index (χ1) is 11.7. The Balaban J connectivity index is 1.93. The lowest BCUT2D eigenvalue weighted by Gasteiger charge is -2.28. The second-order valence-corrected chi connectivity index (χ2v) is 6.22. The topological polar surface area (TPSA) is 68.2 Å². The highest BCUT2D eigenvalue weighted by atomic mass is 16.6. The molecule has 5 nitrogen and oxygen atoms in total. The minimum atomic E-state index is -0.606. The number of ether oxygens (including phenoxy) is 1. The monoisotopic (exact) mass is 322 g/mol. The maximum absolute atomic E-state index is 11.7. The summed E-state index contributed by atoms with van der Waals surface area (Å²) in [5.41, 5.74) is 4.21. The number of aryl methyl sites for hydroxylation is 1. The molecular formula is C19H18N2O3. The first kappa shape index (κ1) is 14.8. The molecule has 1 aliphatic carbocycles. The summed E-state index contributed by atoms with van der Waals surface area (Å²) in [4.78, 5) is 14.8. The van der Waals surface area contributed by atoms with Gasteiger partial charge < -0.3 is 9.72 Å². The predicted molar refractivity (Wildman–Crippen MR) is 92.2 cm³/mol. The van der Waals surface area contributed by atoms with Gasteiger partial charge in [-0.1, -0.05) is 24.3 Å². The van der Waals surface area contributed by atoms with Crippen molar-refractivity contribution in [3.8, 4) is 5.75 Å². The number of nitrogens with zero attached hydrogens (tertiary/aromatic N) is 1. The zero-order valence-electron chi connectivity index (χ0n) is 13.4. The molecule has 1 heterocycles. The summed E-state index contributed by atoms with van der Waals surface area (Å²) in [6, 6.07) is 13.3. The van der Waals surface area contributed by atoms with Crippen LogP contribution in [0.15, 0.2) is 48.7 Å². The van der Waals surface area contributed by atoms with E-state index in [0.29, 0.717) is 6.42 Å². The molecule has 3 aromatic rings. The Labute approximate surface area is 139 Å². The highest BCUT2D eigenvalue weighted by Gasteiger charge is 2.39. The van der Waals surface area contributed by atoms with E-state index in [1.807, 2.05) is 42.6 Å². The van der Waals surface area contributed by atoms with E-state index in [9.17, 15) is 10.1 Å². The van der Waals surface area contributed by atoms with E-state index in [1.54, 1.807) is 7.11 Å². The number of hydrogen-bond acceptors (Lipinski definition) is 3. The van der Waals surface area contributed by atoms with Crippen LogP contribution in [0.1, 0.15) is 29.0 Å². The van der Waals surface area contributed by atoms with Crippen LogP contribution in [0.25, 0.3) is 10.9 Å². The Morgan fingerprint density at radius 1 is 1.21 bits per heavy atom. The first-order valence-corrected chi connectivity index (χ1v) is 8.05. The van der Waals surface area contributed by atoms with Crippen LogP contribution in [0.5, 0.6) is 5.75 Å². The molecule has 24 heavy (non-hydrogen) atoms. The van der Waals surface area contributed by atoms with Gasteiger partial charge in [0.25, 0.3) is 0 Å². The van der Waals surface area contributed by atoms with Gasteiger partial charge in [0.2, 0.25) is 6.04 Å². The maximum atomic E-state index is 11.7. The van der Waals surface area contributed by atoms with Gasteiger partial charge in [0.15, 0.2) is 0 Å². The normalized spacial score (nSPS) is 19.9. The van der Waals surface area contributed by atoms with Crippen LogP contribution in [0.3, 0.4) is 0 Å². The Kier molecular flexibility index (Phi) is 3.49. The van der Waals surface area contributed by atoms with Gasteiger partial charge in [-0.05, 0) is 41.3 Å². The van der Waals surface area contributed by atoms with Crippen molar-refractivity contribution in [3.05, 3.63) is 75.5 Å². The average molecular weight is 322 g/mol. The van der Waals surface area contributed by atoms with Crippen LogP contribution in [0, 0.1) is 10.1 Å². The standard InChI is InChI=1S/C19H18N2O3/c1-24-13-7-8-17-15(10-13)16(11-20-17)19-14-5-3-2-4-12(14)6-9-18(19)21(22)23/h2-5,7-8,10-11,18-20H,6,9H2,1H3/t18-,19+/m0/s1. The van der Waals surface area contributed by atoms with E-state index in [-0.39, 0.29) is 10.8 Å². The highest BCUT2D eigenvalue weighted by Crippen LogP contribution is 2.41. The van der Waals surface area contributed by atoms with Crippen LogP contribution in [-0.2, 0) is 6.42 Å². The largest absolute Gasteiger partial charge is 0.497 e. The Hall–Kier alpha value is -2.82. The fourth-order valence-corrected chi connectivity index (χ4v) is 3.85. The number of nitro groups is 1.